The zero-order chi connectivity index (χ0) is 30.7. The van der Waals surface area contributed by atoms with Gasteiger partial charge in [0, 0.05) is 16.8 Å². The van der Waals surface area contributed by atoms with Gasteiger partial charge in [-0.25, -0.2) is 9.59 Å². The second-order valence-electron chi connectivity index (χ2n) is 11.2. The van der Waals surface area contributed by atoms with Gasteiger partial charge in [0.1, 0.15) is 0 Å². The summed E-state index contributed by atoms with van der Waals surface area (Å²) < 4.78 is 10.1. The highest BCUT2D eigenvalue weighted by Crippen LogP contribution is 2.29. The fourth-order valence-electron chi connectivity index (χ4n) is 4.96. The van der Waals surface area contributed by atoms with Crippen molar-refractivity contribution in [3.8, 4) is 0 Å². The zero-order valence-corrected chi connectivity index (χ0v) is 28.2. The number of hydrogen-bond acceptors (Lipinski definition) is 6. The average molecular weight is 604 g/mol. The van der Waals surface area contributed by atoms with E-state index in [0.717, 1.165) is 30.7 Å². The Bertz CT molecular complexity index is 850. The first-order chi connectivity index (χ1) is 20.6. The lowest BCUT2D eigenvalue weighted by atomic mass is 10.0. The molecule has 1 rings (SSSR count). The van der Waals surface area contributed by atoms with Crippen molar-refractivity contribution in [3.63, 3.8) is 0 Å². The second-order valence-corrected chi connectivity index (χ2v) is 12.4. The van der Waals surface area contributed by atoms with Crippen molar-refractivity contribution in [1.82, 2.24) is 0 Å². The van der Waals surface area contributed by atoms with Crippen LogP contribution >= 0.6 is 11.8 Å². The molecule has 240 valence electrons. The van der Waals surface area contributed by atoms with Crippen molar-refractivity contribution in [1.29, 1.82) is 0 Å². The summed E-state index contributed by atoms with van der Waals surface area (Å²) in [5.41, 5.74) is 2.08. The van der Waals surface area contributed by atoms with Gasteiger partial charge in [-0.05, 0) is 56.6 Å². The highest BCUT2D eigenvalue weighted by atomic mass is 32.2. The van der Waals surface area contributed by atoms with E-state index in [1.54, 1.807) is 13.8 Å². The van der Waals surface area contributed by atoms with Crippen LogP contribution in [-0.4, -0.2) is 30.9 Å². The molecule has 0 aliphatic heterocycles. The molecular weight excluding hydrogens is 542 g/mol. The predicted molar refractivity (Wildman–Crippen MR) is 180 cm³/mol. The number of thioether (sulfide) groups is 1. The van der Waals surface area contributed by atoms with Crippen LogP contribution in [0.2, 0.25) is 0 Å². The molecule has 0 aliphatic carbocycles. The fraction of sp³-hybridized carbons (Fsp3) is 0.722. The molecule has 6 heteroatoms. The summed E-state index contributed by atoms with van der Waals surface area (Å²) in [5.74, 6) is -0.254. The Morgan fingerprint density at radius 3 is 1.62 bits per heavy atom. The van der Waals surface area contributed by atoms with Crippen LogP contribution in [-0.2, 0) is 25.5 Å². The van der Waals surface area contributed by atoms with Gasteiger partial charge < -0.3 is 14.8 Å². The summed E-state index contributed by atoms with van der Waals surface area (Å²) in [6, 6.07) is 6.30. The highest BCUT2D eigenvalue weighted by molar-refractivity contribution is 7.99. The Hall–Kier alpha value is -1.95. The third-order valence-corrected chi connectivity index (χ3v) is 8.68. The van der Waals surface area contributed by atoms with E-state index in [9.17, 15) is 9.59 Å². The first-order valence-electron chi connectivity index (χ1n) is 17.1. The lowest BCUT2D eigenvalue weighted by Gasteiger charge is -2.12. The Labute approximate surface area is 262 Å². The molecule has 0 saturated heterocycles. The number of unbranched alkanes of at least 4 members (excludes halogenated alkanes) is 16. The Kier molecular flexibility index (Phi) is 24.2. The number of benzene rings is 1. The molecule has 1 aromatic rings. The van der Waals surface area contributed by atoms with Crippen molar-refractivity contribution in [2.24, 2.45) is 0 Å². The molecular formula is C36H61NO4S. The van der Waals surface area contributed by atoms with E-state index >= 15 is 0 Å². The Balaban J connectivity index is 2.39. The molecule has 0 amide bonds. The minimum atomic E-state index is -0.680. The Morgan fingerprint density at radius 2 is 1.14 bits per heavy atom. The molecule has 0 fully saturated rings. The number of anilines is 1. The van der Waals surface area contributed by atoms with Gasteiger partial charge in [-0.3, -0.25) is 0 Å². The molecule has 0 aromatic heterocycles. The van der Waals surface area contributed by atoms with Crippen LogP contribution < -0.4 is 5.32 Å². The maximum Gasteiger partial charge on any atom is 0.347 e. The van der Waals surface area contributed by atoms with E-state index in [1.165, 1.54) is 119 Å². The highest BCUT2D eigenvalue weighted by Gasteiger charge is 2.21. The summed E-state index contributed by atoms with van der Waals surface area (Å²) in [6.45, 7) is 8.32. The molecule has 0 aliphatic rings. The molecule has 0 radical (unpaired) electrons. The van der Waals surface area contributed by atoms with Gasteiger partial charge in [-0.1, -0.05) is 123 Å². The van der Waals surface area contributed by atoms with Crippen molar-refractivity contribution >= 4 is 29.4 Å². The molecule has 0 bridgehead atoms. The maximum absolute atomic E-state index is 12.3. The minimum Gasteiger partial charge on any atom is -0.462 e. The molecule has 1 N–H and O–H groups in total. The molecule has 0 saturated carbocycles. The standard InChI is InChI=1S/C36H61NO4S/c1-5-9-11-12-13-14-15-16-17-18-19-20-21-22-23-24-28-42-34-29-32(27-26-31(34)25-10-6-2)37-30-33(35(38)40-7-3)36(39)41-8-4/h26-27,29-30,37H,5-25,28H2,1-4H3. The average Bonchev–Trinajstić information content (AvgIpc) is 2.98. The van der Waals surface area contributed by atoms with Gasteiger partial charge in [-0.2, -0.15) is 0 Å². The van der Waals surface area contributed by atoms with Crippen LogP contribution in [0.15, 0.2) is 34.9 Å². The maximum atomic E-state index is 12.3. The number of aryl methyl sites for hydroxylation is 1. The van der Waals surface area contributed by atoms with Crippen LogP contribution in [0.4, 0.5) is 5.69 Å². The van der Waals surface area contributed by atoms with Crippen LogP contribution in [0.5, 0.6) is 0 Å². The number of carbonyl (C=O) groups is 2. The van der Waals surface area contributed by atoms with Crippen LogP contribution in [0.3, 0.4) is 0 Å². The Morgan fingerprint density at radius 1 is 0.667 bits per heavy atom. The normalized spacial score (nSPS) is 10.9. The van der Waals surface area contributed by atoms with Gasteiger partial charge in [0.15, 0.2) is 5.57 Å². The first-order valence-corrected chi connectivity index (χ1v) is 18.1. The number of esters is 2. The van der Waals surface area contributed by atoms with E-state index < -0.39 is 11.9 Å². The number of hydrogen-bond donors (Lipinski definition) is 1. The molecule has 0 spiro atoms. The topological polar surface area (TPSA) is 64.6 Å². The third kappa shape index (κ3) is 18.6. The van der Waals surface area contributed by atoms with Crippen LogP contribution in [0, 0.1) is 0 Å². The lowest BCUT2D eigenvalue weighted by Crippen LogP contribution is -2.19. The van der Waals surface area contributed by atoms with Crippen molar-refractivity contribution in [2.75, 3.05) is 24.3 Å². The van der Waals surface area contributed by atoms with Crippen LogP contribution in [0.1, 0.15) is 149 Å². The SMILES string of the molecule is CCCCCCCCCCCCCCCCCCSc1cc(NC=C(C(=O)OCC)C(=O)OCC)ccc1CCCC. The van der Waals surface area contributed by atoms with Crippen molar-refractivity contribution in [2.45, 2.75) is 155 Å². The summed E-state index contributed by atoms with van der Waals surface area (Å²) in [4.78, 5) is 25.8. The van der Waals surface area contributed by atoms with E-state index in [4.69, 9.17) is 9.47 Å². The largest absolute Gasteiger partial charge is 0.462 e. The van der Waals surface area contributed by atoms with Gasteiger partial charge in [0.25, 0.3) is 0 Å². The summed E-state index contributed by atoms with van der Waals surface area (Å²) >= 11 is 1.92. The smallest absolute Gasteiger partial charge is 0.347 e. The monoisotopic (exact) mass is 603 g/mol. The van der Waals surface area contributed by atoms with Gasteiger partial charge >= 0.3 is 11.9 Å². The summed E-state index contributed by atoms with van der Waals surface area (Å²) in [5, 5.41) is 3.13. The van der Waals surface area contributed by atoms with Gasteiger partial charge in [-0.15, -0.1) is 11.8 Å². The molecule has 5 nitrogen and oxygen atoms in total. The van der Waals surface area contributed by atoms with E-state index in [0.29, 0.717) is 0 Å². The van der Waals surface area contributed by atoms with Gasteiger partial charge in [0.2, 0.25) is 0 Å². The molecule has 0 unspecified atom stereocenters. The van der Waals surface area contributed by atoms with Crippen molar-refractivity contribution in [3.05, 3.63) is 35.5 Å². The lowest BCUT2D eigenvalue weighted by molar-refractivity contribution is -0.146. The van der Waals surface area contributed by atoms with E-state index in [1.807, 2.05) is 17.8 Å². The van der Waals surface area contributed by atoms with E-state index in [2.05, 4.69) is 31.3 Å². The first kappa shape index (κ1) is 38.1. The second kappa shape index (κ2) is 26.7. The fourth-order valence-corrected chi connectivity index (χ4v) is 6.09. The third-order valence-electron chi connectivity index (χ3n) is 7.50. The van der Waals surface area contributed by atoms with E-state index in [-0.39, 0.29) is 18.8 Å². The van der Waals surface area contributed by atoms with Crippen molar-refractivity contribution < 1.29 is 19.1 Å². The molecule has 1 aromatic carbocycles. The zero-order valence-electron chi connectivity index (χ0n) is 27.4. The molecule has 42 heavy (non-hydrogen) atoms. The van der Waals surface area contributed by atoms with Crippen LogP contribution in [0.25, 0.3) is 0 Å². The number of rotatable bonds is 27. The predicted octanol–water partition coefficient (Wildman–Crippen LogP) is 10.8. The number of ether oxygens (including phenoxy) is 2. The summed E-state index contributed by atoms with van der Waals surface area (Å²) in [7, 11) is 0. The molecule has 0 atom stereocenters. The number of carbonyl (C=O) groups excluding carboxylic acids is 2. The van der Waals surface area contributed by atoms with Gasteiger partial charge in [0.05, 0.1) is 13.2 Å². The minimum absolute atomic E-state index is 0.129. The quantitative estimate of drug-likeness (QED) is 0.0269. The molecule has 0 heterocycles. The number of nitrogens with one attached hydrogen (secondary N) is 1. The summed E-state index contributed by atoms with van der Waals surface area (Å²) in [6.07, 6.45) is 26.9.